The highest BCUT2D eigenvalue weighted by atomic mass is 32.2. The average molecular weight is 262 g/mol. The molecule has 0 saturated heterocycles. The van der Waals surface area contributed by atoms with Crippen LogP contribution in [0.15, 0.2) is 0 Å². The molecule has 102 valence electrons. The summed E-state index contributed by atoms with van der Waals surface area (Å²) in [6.07, 6.45) is 4.14. The van der Waals surface area contributed by atoms with E-state index in [9.17, 15) is 13.5 Å². The van der Waals surface area contributed by atoms with Crippen LogP contribution in [0, 0.1) is 11.8 Å². The van der Waals surface area contributed by atoms with Crippen LogP contribution in [-0.2, 0) is 9.84 Å². The molecule has 3 unspecified atom stereocenters. The SMILES string of the molecule is CCS(=O)(=O)CCCC1(O)CCC(C)CC1C. The summed E-state index contributed by atoms with van der Waals surface area (Å²) in [4.78, 5) is 0. The van der Waals surface area contributed by atoms with Crippen molar-refractivity contribution in [3.05, 3.63) is 0 Å². The molecule has 1 rings (SSSR count). The molecule has 0 aromatic heterocycles. The Bertz CT molecular complexity index is 337. The molecule has 0 spiro atoms. The fourth-order valence-corrected chi connectivity index (χ4v) is 3.67. The molecule has 4 heteroatoms. The van der Waals surface area contributed by atoms with Gasteiger partial charge in [-0.05, 0) is 43.9 Å². The summed E-state index contributed by atoms with van der Waals surface area (Å²) in [6, 6.07) is 0. The van der Waals surface area contributed by atoms with Gasteiger partial charge in [0.2, 0.25) is 0 Å². The maximum atomic E-state index is 11.4. The minimum Gasteiger partial charge on any atom is -0.390 e. The van der Waals surface area contributed by atoms with Crippen molar-refractivity contribution in [3.63, 3.8) is 0 Å². The summed E-state index contributed by atoms with van der Waals surface area (Å²) < 4.78 is 22.8. The molecule has 1 fully saturated rings. The van der Waals surface area contributed by atoms with Gasteiger partial charge < -0.3 is 5.11 Å². The lowest BCUT2D eigenvalue weighted by atomic mass is 9.70. The fourth-order valence-electron chi connectivity index (χ4n) is 2.80. The van der Waals surface area contributed by atoms with Crippen LogP contribution in [0.4, 0.5) is 0 Å². The number of hydrogen-bond acceptors (Lipinski definition) is 3. The van der Waals surface area contributed by atoms with E-state index >= 15 is 0 Å². The third kappa shape index (κ3) is 4.25. The van der Waals surface area contributed by atoms with E-state index in [1.165, 1.54) is 0 Å². The number of sulfone groups is 1. The zero-order valence-electron chi connectivity index (χ0n) is 11.3. The first-order chi connectivity index (χ1) is 7.79. The van der Waals surface area contributed by atoms with E-state index in [1.54, 1.807) is 6.92 Å². The summed E-state index contributed by atoms with van der Waals surface area (Å²) in [6.45, 7) is 5.98. The number of hydrogen-bond donors (Lipinski definition) is 1. The molecular formula is C13H26O3S. The summed E-state index contributed by atoms with van der Waals surface area (Å²) in [5.74, 6) is 1.40. The van der Waals surface area contributed by atoms with Gasteiger partial charge in [-0.15, -0.1) is 0 Å². The Morgan fingerprint density at radius 1 is 1.35 bits per heavy atom. The van der Waals surface area contributed by atoms with Crippen molar-refractivity contribution < 1.29 is 13.5 Å². The first kappa shape index (κ1) is 15.0. The molecule has 0 aromatic carbocycles. The zero-order chi connectivity index (χ0) is 13.1. The molecular weight excluding hydrogens is 236 g/mol. The van der Waals surface area contributed by atoms with Crippen molar-refractivity contribution in [2.75, 3.05) is 11.5 Å². The molecule has 3 atom stereocenters. The Balaban J connectivity index is 2.45. The summed E-state index contributed by atoms with van der Waals surface area (Å²) >= 11 is 0. The van der Waals surface area contributed by atoms with Gasteiger partial charge in [-0.1, -0.05) is 20.8 Å². The van der Waals surface area contributed by atoms with E-state index in [0.29, 0.717) is 18.8 Å². The molecule has 0 amide bonds. The molecule has 1 aliphatic carbocycles. The third-order valence-corrected chi connectivity index (χ3v) is 6.04. The first-order valence-corrected chi connectivity index (χ1v) is 8.54. The van der Waals surface area contributed by atoms with E-state index < -0.39 is 15.4 Å². The van der Waals surface area contributed by atoms with Crippen LogP contribution < -0.4 is 0 Å². The molecule has 0 aromatic rings. The largest absolute Gasteiger partial charge is 0.390 e. The molecule has 3 nitrogen and oxygen atoms in total. The van der Waals surface area contributed by atoms with Gasteiger partial charge in [-0.25, -0.2) is 8.42 Å². The number of rotatable bonds is 5. The van der Waals surface area contributed by atoms with Crippen molar-refractivity contribution >= 4 is 9.84 Å². The van der Waals surface area contributed by atoms with Crippen LogP contribution in [0.2, 0.25) is 0 Å². The first-order valence-electron chi connectivity index (χ1n) is 6.72. The van der Waals surface area contributed by atoms with Crippen LogP contribution in [0.5, 0.6) is 0 Å². The lowest BCUT2D eigenvalue weighted by Crippen LogP contribution is -2.41. The van der Waals surface area contributed by atoms with Crippen molar-refractivity contribution in [2.45, 2.75) is 58.5 Å². The third-order valence-electron chi connectivity index (χ3n) is 4.25. The molecule has 1 N–H and O–H groups in total. The van der Waals surface area contributed by atoms with Gasteiger partial charge in [-0.3, -0.25) is 0 Å². The monoisotopic (exact) mass is 262 g/mol. The highest BCUT2D eigenvalue weighted by molar-refractivity contribution is 7.91. The van der Waals surface area contributed by atoms with Crippen molar-refractivity contribution in [2.24, 2.45) is 11.8 Å². The van der Waals surface area contributed by atoms with E-state index in [4.69, 9.17) is 0 Å². The lowest BCUT2D eigenvalue weighted by Gasteiger charge is -2.41. The maximum Gasteiger partial charge on any atom is 0.150 e. The summed E-state index contributed by atoms with van der Waals surface area (Å²) in [5, 5.41) is 10.5. The summed E-state index contributed by atoms with van der Waals surface area (Å²) in [5.41, 5.74) is -0.629. The van der Waals surface area contributed by atoms with Gasteiger partial charge in [0.05, 0.1) is 11.4 Å². The Morgan fingerprint density at radius 2 is 2.00 bits per heavy atom. The second kappa shape index (κ2) is 5.70. The zero-order valence-corrected chi connectivity index (χ0v) is 12.1. The Hall–Kier alpha value is -0.0900. The average Bonchev–Trinajstić information content (AvgIpc) is 2.24. The van der Waals surface area contributed by atoms with E-state index in [2.05, 4.69) is 13.8 Å². The minimum absolute atomic E-state index is 0.206. The highest BCUT2D eigenvalue weighted by Crippen LogP contribution is 2.39. The highest BCUT2D eigenvalue weighted by Gasteiger charge is 2.37. The quantitative estimate of drug-likeness (QED) is 0.827. The van der Waals surface area contributed by atoms with Crippen LogP contribution >= 0.6 is 0 Å². The van der Waals surface area contributed by atoms with Crippen molar-refractivity contribution in [3.8, 4) is 0 Å². The second-order valence-electron chi connectivity index (χ2n) is 5.72. The molecule has 1 aliphatic rings. The van der Waals surface area contributed by atoms with Gasteiger partial charge >= 0.3 is 0 Å². The second-order valence-corrected chi connectivity index (χ2v) is 8.20. The molecule has 17 heavy (non-hydrogen) atoms. The van der Waals surface area contributed by atoms with Gasteiger partial charge in [0.15, 0.2) is 0 Å². The van der Waals surface area contributed by atoms with Gasteiger partial charge in [0.1, 0.15) is 9.84 Å². The number of aliphatic hydroxyl groups is 1. The predicted molar refractivity (Wildman–Crippen MR) is 70.7 cm³/mol. The smallest absolute Gasteiger partial charge is 0.150 e. The van der Waals surface area contributed by atoms with Crippen LogP contribution in [0.3, 0.4) is 0 Å². The topological polar surface area (TPSA) is 54.4 Å². The van der Waals surface area contributed by atoms with Crippen LogP contribution in [-0.4, -0.2) is 30.6 Å². The minimum atomic E-state index is -2.89. The molecule has 0 heterocycles. The van der Waals surface area contributed by atoms with Gasteiger partial charge in [0, 0.05) is 5.75 Å². The van der Waals surface area contributed by atoms with Crippen molar-refractivity contribution in [1.82, 2.24) is 0 Å². The summed E-state index contributed by atoms with van der Waals surface area (Å²) in [7, 11) is -2.89. The standard InChI is InChI=1S/C13H26O3S/c1-4-17(15,16)9-5-7-13(14)8-6-11(2)10-12(13)3/h11-12,14H,4-10H2,1-3H3. The van der Waals surface area contributed by atoms with Crippen LogP contribution in [0.1, 0.15) is 52.9 Å². The Labute approximate surface area is 106 Å². The van der Waals surface area contributed by atoms with Crippen molar-refractivity contribution in [1.29, 1.82) is 0 Å². The lowest BCUT2D eigenvalue weighted by molar-refractivity contribution is -0.0593. The van der Waals surface area contributed by atoms with Gasteiger partial charge in [-0.2, -0.15) is 0 Å². The maximum absolute atomic E-state index is 11.4. The molecule has 0 radical (unpaired) electrons. The van der Waals surface area contributed by atoms with E-state index in [-0.39, 0.29) is 17.4 Å². The predicted octanol–water partition coefficient (Wildman–Crippen LogP) is 2.39. The van der Waals surface area contributed by atoms with E-state index in [0.717, 1.165) is 19.3 Å². The molecule has 0 bridgehead atoms. The molecule has 1 saturated carbocycles. The Morgan fingerprint density at radius 3 is 2.53 bits per heavy atom. The van der Waals surface area contributed by atoms with Gasteiger partial charge in [0.25, 0.3) is 0 Å². The van der Waals surface area contributed by atoms with E-state index in [1.807, 2.05) is 0 Å². The molecule has 0 aliphatic heterocycles. The fraction of sp³-hybridized carbons (Fsp3) is 1.00. The normalized spacial score (nSPS) is 34.8. The van der Waals surface area contributed by atoms with Crippen LogP contribution in [0.25, 0.3) is 0 Å². The Kier molecular flexibility index (Phi) is 5.02.